The summed E-state index contributed by atoms with van der Waals surface area (Å²) in [6, 6.07) is 12.7. The van der Waals surface area contributed by atoms with E-state index >= 15 is 0 Å². The number of halogens is 1. The lowest BCUT2D eigenvalue weighted by Crippen LogP contribution is -2.45. The van der Waals surface area contributed by atoms with E-state index in [1.165, 1.54) is 11.1 Å². The van der Waals surface area contributed by atoms with E-state index in [2.05, 4.69) is 39.4 Å². The Morgan fingerprint density at radius 2 is 1.87 bits per heavy atom. The van der Waals surface area contributed by atoms with Crippen LogP contribution in [-0.4, -0.2) is 68.2 Å². The van der Waals surface area contributed by atoms with Crippen LogP contribution in [0.4, 0.5) is 0 Å². The Morgan fingerprint density at radius 3 is 2.67 bits per heavy atom. The smallest absolute Gasteiger partial charge is 0.194 e. The van der Waals surface area contributed by atoms with Gasteiger partial charge in [0.15, 0.2) is 5.96 Å². The number of fused-ring (bicyclic) bond motifs is 1. The Morgan fingerprint density at radius 1 is 1.03 bits per heavy atom. The van der Waals surface area contributed by atoms with Gasteiger partial charge in [0.05, 0.1) is 19.5 Å². The van der Waals surface area contributed by atoms with Gasteiger partial charge < -0.3 is 19.4 Å². The molecule has 1 fully saturated rings. The number of nitrogens with one attached hydrogen (secondary N) is 1. The lowest BCUT2D eigenvalue weighted by Gasteiger charge is -2.32. The molecule has 4 rings (SSSR count). The van der Waals surface area contributed by atoms with Crippen LogP contribution in [0.3, 0.4) is 0 Å². The molecule has 0 aliphatic carbocycles. The lowest BCUT2D eigenvalue weighted by atomic mass is 10.0. The van der Waals surface area contributed by atoms with Crippen LogP contribution in [0.25, 0.3) is 0 Å². The van der Waals surface area contributed by atoms with Crippen LogP contribution >= 0.6 is 24.0 Å². The average molecular weight is 524 g/mol. The standard InChI is InChI=1S/C23H32N4O2.HI/c1-2-6-21-19-27(13-9-20(21)5-1)23(25-11-8-22-7-3-16-29-22)24-10-4-12-26-14-17-28-18-15-26;/h1-3,5-7,16H,4,8-15,17-19H2,(H,24,25);1H. The van der Waals surface area contributed by atoms with E-state index in [1.54, 1.807) is 6.26 Å². The first-order valence-corrected chi connectivity index (χ1v) is 10.8. The van der Waals surface area contributed by atoms with E-state index in [1.807, 2.05) is 12.1 Å². The maximum absolute atomic E-state index is 5.46. The fourth-order valence-corrected chi connectivity index (χ4v) is 4.00. The quantitative estimate of drug-likeness (QED) is 0.261. The fraction of sp³-hybridized carbons (Fsp3) is 0.522. The van der Waals surface area contributed by atoms with Crippen LogP contribution in [0.1, 0.15) is 23.3 Å². The van der Waals surface area contributed by atoms with Crippen LogP contribution in [0.5, 0.6) is 0 Å². The molecule has 1 saturated heterocycles. The van der Waals surface area contributed by atoms with Crippen molar-refractivity contribution in [3.05, 3.63) is 59.5 Å². The maximum Gasteiger partial charge on any atom is 0.194 e. The van der Waals surface area contributed by atoms with Gasteiger partial charge in [-0.05, 0) is 36.1 Å². The molecule has 0 bridgehead atoms. The average Bonchev–Trinajstić information content (AvgIpc) is 3.29. The first-order chi connectivity index (χ1) is 14.4. The summed E-state index contributed by atoms with van der Waals surface area (Å²) < 4.78 is 10.9. The number of hydrogen-bond donors (Lipinski definition) is 1. The van der Waals surface area contributed by atoms with Crippen LogP contribution in [-0.2, 0) is 24.1 Å². The highest BCUT2D eigenvalue weighted by molar-refractivity contribution is 14.0. The van der Waals surface area contributed by atoms with Crippen molar-refractivity contribution in [2.24, 2.45) is 4.99 Å². The Kier molecular flexibility index (Phi) is 9.48. The largest absolute Gasteiger partial charge is 0.469 e. The monoisotopic (exact) mass is 524 g/mol. The second-order valence-corrected chi connectivity index (χ2v) is 7.71. The Balaban J connectivity index is 0.00000256. The minimum atomic E-state index is 0. The normalized spacial score (nSPS) is 17.3. The minimum Gasteiger partial charge on any atom is -0.469 e. The van der Waals surface area contributed by atoms with E-state index < -0.39 is 0 Å². The number of aliphatic imine (C=N–C) groups is 1. The molecule has 30 heavy (non-hydrogen) atoms. The van der Waals surface area contributed by atoms with Gasteiger partial charge >= 0.3 is 0 Å². The third kappa shape index (κ3) is 6.72. The highest BCUT2D eigenvalue weighted by Gasteiger charge is 2.19. The molecule has 3 heterocycles. The van der Waals surface area contributed by atoms with Gasteiger partial charge in [0.25, 0.3) is 0 Å². The maximum atomic E-state index is 5.46. The zero-order chi connectivity index (χ0) is 19.7. The molecule has 2 aromatic rings. The van der Waals surface area contributed by atoms with Crippen molar-refractivity contribution in [3.63, 3.8) is 0 Å². The summed E-state index contributed by atoms with van der Waals surface area (Å²) in [5, 5.41) is 3.58. The van der Waals surface area contributed by atoms with Crippen molar-refractivity contribution in [2.45, 2.75) is 25.8 Å². The zero-order valence-electron chi connectivity index (χ0n) is 17.6. The third-order valence-electron chi connectivity index (χ3n) is 5.66. The second kappa shape index (κ2) is 12.3. The molecule has 1 aromatic carbocycles. The molecular weight excluding hydrogens is 491 g/mol. The fourth-order valence-electron chi connectivity index (χ4n) is 4.00. The first kappa shape index (κ1) is 23.1. The van der Waals surface area contributed by atoms with E-state index in [9.17, 15) is 0 Å². The number of hydrogen-bond acceptors (Lipinski definition) is 4. The van der Waals surface area contributed by atoms with Crippen LogP contribution in [0.15, 0.2) is 52.1 Å². The van der Waals surface area contributed by atoms with E-state index in [4.69, 9.17) is 14.1 Å². The molecule has 2 aliphatic rings. The Hall–Kier alpha value is -1.58. The summed E-state index contributed by atoms with van der Waals surface area (Å²) in [5.74, 6) is 2.03. The van der Waals surface area contributed by atoms with Crippen LogP contribution in [0, 0.1) is 0 Å². The third-order valence-corrected chi connectivity index (χ3v) is 5.66. The SMILES string of the molecule is I.c1coc(CCNC(=NCCCN2CCOCC2)N2CCc3ccccc3C2)c1. The van der Waals surface area contributed by atoms with Gasteiger partial charge in [0, 0.05) is 52.2 Å². The molecule has 0 saturated carbocycles. The van der Waals surface area contributed by atoms with Gasteiger partial charge in [-0.3, -0.25) is 9.89 Å². The number of benzene rings is 1. The minimum absolute atomic E-state index is 0. The summed E-state index contributed by atoms with van der Waals surface area (Å²) in [5.41, 5.74) is 2.87. The number of ether oxygens (including phenoxy) is 1. The van der Waals surface area contributed by atoms with Crippen molar-refractivity contribution >= 4 is 29.9 Å². The van der Waals surface area contributed by atoms with Gasteiger partial charge in [0.2, 0.25) is 0 Å². The first-order valence-electron chi connectivity index (χ1n) is 10.8. The molecule has 164 valence electrons. The number of morpholine rings is 1. The molecule has 0 radical (unpaired) electrons. The molecular formula is C23H33IN4O2. The number of rotatable bonds is 7. The summed E-state index contributed by atoms with van der Waals surface area (Å²) in [6.45, 7) is 8.50. The predicted molar refractivity (Wildman–Crippen MR) is 131 cm³/mol. The summed E-state index contributed by atoms with van der Waals surface area (Å²) in [4.78, 5) is 9.83. The van der Waals surface area contributed by atoms with Crippen molar-refractivity contribution in [1.82, 2.24) is 15.1 Å². The van der Waals surface area contributed by atoms with Gasteiger partial charge in [-0.1, -0.05) is 24.3 Å². The molecule has 0 amide bonds. The molecule has 0 spiro atoms. The van der Waals surface area contributed by atoms with Crippen molar-refractivity contribution in [3.8, 4) is 0 Å². The molecule has 6 nitrogen and oxygen atoms in total. The summed E-state index contributed by atoms with van der Waals surface area (Å²) >= 11 is 0. The van der Waals surface area contributed by atoms with Crippen molar-refractivity contribution in [1.29, 1.82) is 0 Å². The zero-order valence-corrected chi connectivity index (χ0v) is 19.9. The highest BCUT2D eigenvalue weighted by Crippen LogP contribution is 2.18. The number of furan rings is 1. The molecule has 0 atom stereocenters. The molecule has 2 aliphatic heterocycles. The van der Waals surface area contributed by atoms with Crippen LogP contribution < -0.4 is 5.32 Å². The number of nitrogens with zero attached hydrogens (tertiary/aromatic N) is 3. The molecule has 7 heteroatoms. The van der Waals surface area contributed by atoms with E-state index in [0.717, 1.165) is 90.0 Å². The van der Waals surface area contributed by atoms with Crippen LogP contribution in [0.2, 0.25) is 0 Å². The Labute approximate surface area is 196 Å². The van der Waals surface area contributed by atoms with E-state index in [0.29, 0.717) is 0 Å². The van der Waals surface area contributed by atoms with E-state index in [-0.39, 0.29) is 24.0 Å². The molecule has 1 aromatic heterocycles. The molecule has 0 unspecified atom stereocenters. The topological polar surface area (TPSA) is 53.2 Å². The lowest BCUT2D eigenvalue weighted by molar-refractivity contribution is 0.0377. The Bertz CT molecular complexity index is 775. The van der Waals surface area contributed by atoms with Crippen molar-refractivity contribution < 1.29 is 9.15 Å². The van der Waals surface area contributed by atoms with Crippen molar-refractivity contribution in [2.75, 3.05) is 52.5 Å². The molecule has 1 N–H and O–H groups in total. The predicted octanol–water partition coefficient (Wildman–Crippen LogP) is 3.17. The number of guanidine groups is 1. The van der Waals surface area contributed by atoms with Gasteiger partial charge in [-0.2, -0.15) is 0 Å². The van der Waals surface area contributed by atoms with Gasteiger partial charge in [0.1, 0.15) is 5.76 Å². The van der Waals surface area contributed by atoms with Gasteiger partial charge in [-0.15, -0.1) is 24.0 Å². The highest BCUT2D eigenvalue weighted by atomic mass is 127. The summed E-state index contributed by atoms with van der Waals surface area (Å²) in [7, 11) is 0. The van der Waals surface area contributed by atoms with Gasteiger partial charge in [-0.25, -0.2) is 0 Å². The second-order valence-electron chi connectivity index (χ2n) is 7.71. The summed E-state index contributed by atoms with van der Waals surface area (Å²) in [6.07, 6.45) is 4.75.